The predicted octanol–water partition coefficient (Wildman–Crippen LogP) is 10.6. The Balaban J connectivity index is 1.91. The lowest BCUT2D eigenvalue weighted by Gasteiger charge is -2.45. The zero-order valence-corrected chi connectivity index (χ0v) is 32.0. The summed E-state index contributed by atoms with van der Waals surface area (Å²) in [5, 5.41) is 0.305. The Morgan fingerprint density at radius 3 is 2.19 bits per heavy atom. The summed E-state index contributed by atoms with van der Waals surface area (Å²) in [5.74, 6) is 1.25. The summed E-state index contributed by atoms with van der Waals surface area (Å²) in [5.41, 5.74) is 4.31. The zero-order chi connectivity index (χ0) is 32.6. The molecule has 3 rings (SSSR count). The largest absolute Gasteiger partial charge is 0.466 e. The normalized spacial score (nSPS) is 32.0. The van der Waals surface area contributed by atoms with E-state index in [9.17, 15) is 4.79 Å². The van der Waals surface area contributed by atoms with Crippen LogP contribution in [0.2, 0.25) is 36.3 Å². The van der Waals surface area contributed by atoms with Gasteiger partial charge in [0.15, 0.2) is 16.6 Å². The molecule has 0 aromatic heterocycles. The lowest BCUT2D eigenvalue weighted by atomic mass is 9.61. The Morgan fingerprint density at radius 2 is 1.60 bits per heavy atom. The molecule has 43 heavy (non-hydrogen) atoms. The van der Waals surface area contributed by atoms with Gasteiger partial charge in [0.1, 0.15) is 0 Å². The highest BCUT2D eigenvalue weighted by atomic mass is 28.4. The number of fused-ring (bicyclic) bond motifs is 1. The summed E-state index contributed by atoms with van der Waals surface area (Å²) in [4.78, 5) is 11.8. The summed E-state index contributed by atoms with van der Waals surface area (Å²) >= 11 is 0. The third-order valence-electron chi connectivity index (χ3n) is 12.1. The maximum atomic E-state index is 11.8. The minimum Gasteiger partial charge on any atom is -0.466 e. The molecule has 3 saturated carbocycles. The van der Waals surface area contributed by atoms with E-state index in [2.05, 4.69) is 106 Å². The Bertz CT molecular complexity index is 1120. The van der Waals surface area contributed by atoms with Crippen LogP contribution < -0.4 is 0 Å². The van der Waals surface area contributed by atoms with Crippen LogP contribution in [-0.4, -0.2) is 41.9 Å². The van der Waals surface area contributed by atoms with Crippen molar-refractivity contribution in [3.05, 3.63) is 47.6 Å². The Hall–Kier alpha value is -1.22. The first-order valence-electron chi connectivity index (χ1n) is 16.8. The molecule has 244 valence electrons. The number of carbonyl (C=O) groups is 1. The van der Waals surface area contributed by atoms with Gasteiger partial charge >= 0.3 is 5.97 Å². The smallest absolute Gasteiger partial charge is 0.330 e. The highest BCUT2D eigenvalue weighted by Crippen LogP contribution is 2.59. The van der Waals surface area contributed by atoms with Crippen LogP contribution in [0.15, 0.2) is 47.6 Å². The van der Waals surface area contributed by atoms with Gasteiger partial charge in [-0.15, -0.1) is 0 Å². The van der Waals surface area contributed by atoms with E-state index >= 15 is 0 Å². The summed E-state index contributed by atoms with van der Waals surface area (Å²) in [6, 6.07) is 0. The molecular weight excluding hydrogens is 565 g/mol. The van der Waals surface area contributed by atoms with Crippen molar-refractivity contribution in [3.8, 4) is 0 Å². The van der Waals surface area contributed by atoms with Crippen molar-refractivity contribution in [1.82, 2.24) is 0 Å². The molecule has 0 amide bonds. The highest BCUT2D eigenvalue weighted by Gasteiger charge is 2.50. The van der Waals surface area contributed by atoms with E-state index in [1.54, 1.807) is 11.6 Å². The molecule has 3 fully saturated rings. The highest BCUT2D eigenvalue weighted by molar-refractivity contribution is 6.74. The monoisotopic (exact) mass is 628 g/mol. The first-order chi connectivity index (χ1) is 19.6. The maximum absolute atomic E-state index is 11.8. The molecule has 6 atom stereocenters. The maximum Gasteiger partial charge on any atom is 0.330 e. The molecule has 6 heteroatoms. The van der Waals surface area contributed by atoms with Crippen LogP contribution in [-0.2, 0) is 18.4 Å². The molecule has 0 spiro atoms. The van der Waals surface area contributed by atoms with Crippen LogP contribution in [0, 0.1) is 23.2 Å². The third kappa shape index (κ3) is 8.15. The molecule has 3 aliphatic carbocycles. The van der Waals surface area contributed by atoms with E-state index in [0.717, 1.165) is 18.4 Å². The van der Waals surface area contributed by atoms with Crippen LogP contribution in [0.1, 0.15) is 100 Å². The number of hydrogen-bond acceptors (Lipinski definition) is 4. The number of carbonyl (C=O) groups excluding carboxylic acids is 1. The van der Waals surface area contributed by atoms with Gasteiger partial charge in [-0.2, -0.15) is 0 Å². The number of rotatable bonds is 8. The fourth-order valence-electron chi connectivity index (χ4n) is 7.34. The van der Waals surface area contributed by atoms with Gasteiger partial charge in [-0.1, -0.05) is 85.8 Å². The summed E-state index contributed by atoms with van der Waals surface area (Å²) in [6.45, 7) is 32.8. The number of allylic oxidation sites excluding steroid dienone is 4. The average molecular weight is 629 g/mol. The van der Waals surface area contributed by atoms with Gasteiger partial charge in [0, 0.05) is 12.5 Å². The SMILES string of the molecule is C=C1C(=CC=C2CCC[C@]3(C)[C@@H]([C@H](C)C=CC(=O)OC)CC[C@@H]23)C[C@H](O[Si](C)(C)C(C)(C)C)C[C@@H]1O[Si](C)(C)C(C)(C)C. The fraction of sp³-hybridized carbons (Fsp3) is 0.757. The van der Waals surface area contributed by atoms with E-state index < -0.39 is 16.6 Å². The molecule has 0 aromatic rings. The van der Waals surface area contributed by atoms with E-state index in [4.69, 9.17) is 13.6 Å². The lowest BCUT2D eigenvalue weighted by molar-refractivity contribution is -0.134. The number of esters is 1. The quantitative estimate of drug-likeness (QED) is 0.152. The van der Waals surface area contributed by atoms with Crippen molar-refractivity contribution in [2.45, 2.75) is 149 Å². The molecule has 0 saturated heterocycles. The molecular formula is C37H64O4Si2. The second kappa shape index (κ2) is 13.3. The lowest BCUT2D eigenvalue weighted by Crippen LogP contribution is -2.49. The van der Waals surface area contributed by atoms with Crippen molar-refractivity contribution >= 4 is 22.6 Å². The van der Waals surface area contributed by atoms with Gasteiger partial charge in [0.05, 0.1) is 19.3 Å². The Labute approximate surface area is 267 Å². The van der Waals surface area contributed by atoms with Crippen LogP contribution >= 0.6 is 0 Å². The van der Waals surface area contributed by atoms with Gasteiger partial charge in [-0.25, -0.2) is 4.79 Å². The average Bonchev–Trinajstić information content (AvgIpc) is 3.23. The minimum absolute atomic E-state index is 0.00369. The van der Waals surface area contributed by atoms with Crippen molar-refractivity contribution in [1.29, 1.82) is 0 Å². The fourth-order valence-corrected chi connectivity index (χ4v) is 10.0. The molecule has 0 aromatic carbocycles. The van der Waals surface area contributed by atoms with E-state index in [1.165, 1.54) is 44.8 Å². The first-order valence-corrected chi connectivity index (χ1v) is 22.6. The second-order valence-electron chi connectivity index (χ2n) is 17.1. The third-order valence-corrected chi connectivity index (χ3v) is 21.2. The molecule has 0 aliphatic heterocycles. The molecule has 0 unspecified atom stereocenters. The first kappa shape index (κ1) is 36.3. The van der Waals surface area contributed by atoms with E-state index in [0.29, 0.717) is 17.8 Å². The summed E-state index contributed by atoms with van der Waals surface area (Å²) in [6.07, 6.45) is 16.6. The number of hydrogen-bond donors (Lipinski definition) is 0. The molecule has 0 bridgehead atoms. The topological polar surface area (TPSA) is 44.8 Å². The van der Waals surface area contributed by atoms with Gasteiger partial charge in [0.25, 0.3) is 0 Å². The van der Waals surface area contributed by atoms with Crippen molar-refractivity contribution in [3.63, 3.8) is 0 Å². The predicted molar refractivity (Wildman–Crippen MR) is 187 cm³/mol. The van der Waals surface area contributed by atoms with Crippen LogP contribution in [0.3, 0.4) is 0 Å². The summed E-state index contributed by atoms with van der Waals surface area (Å²) < 4.78 is 19.0. The standard InChI is InChI=1S/C37H64O4Si2/c1-26(17-22-34(38)39-10)31-20-21-32-28(16-15-23-37(31,32)9)18-19-29-24-30(40-42(11,12)35(3,4)5)25-33(27(29)2)41-43(13,14)36(6,7)8/h17-19,22,26,30-33H,2,15-16,20-21,23-25H2,1,3-14H3/t26-,30+,31-,32+,33+,37-/m1/s1. The zero-order valence-electron chi connectivity index (χ0n) is 30.0. The van der Waals surface area contributed by atoms with Gasteiger partial charge in [0.2, 0.25) is 0 Å². The molecule has 0 radical (unpaired) electrons. The van der Waals surface area contributed by atoms with Gasteiger partial charge < -0.3 is 13.6 Å². The van der Waals surface area contributed by atoms with Gasteiger partial charge in [-0.05, 0) is 109 Å². The van der Waals surface area contributed by atoms with E-state index in [1.807, 2.05) is 0 Å². The van der Waals surface area contributed by atoms with Crippen molar-refractivity contribution in [2.24, 2.45) is 23.2 Å². The molecule has 3 aliphatic rings. The number of methoxy groups -OCH3 is 1. The van der Waals surface area contributed by atoms with Crippen LogP contribution in [0.25, 0.3) is 0 Å². The van der Waals surface area contributed by atoms with Crippen molar-refractivity contribution in [2.75, 3.05) is 7.11 Å². The second-order valence-corrected chi connectivity index (χ2v) is 26.6. The van der Waals surface area contributed by atoms with Crippen LogP contribution in [0.4, 0.5) is 0 Å². The van der Waals surface area contributed by atoms with Gasteiger partial charge in [-0.3, -0.25) is 0 Å². The Kier molecular flexibility index (Phi) is 11.2. The number of ether oxygens (including phenoxy) is 1. The summed E-state index contributed by atoms with van der Waals surface area (Å²) in [7, 11) is -2.48. The molecule has 0 heterocycles. The van der Waals surface area contributed by atoms with E-state index in [-0.39, 0.29) is 33.7 Å². The van der Waals surface area contributed by atoms with Crippen molar-refractivity contribution < 1.29 is 18.4 Å². The van der Waals surface area contributed by atoms with Crippen LogP contribution in [0.5, 0.6) is 0 Å². The molecule has 0 N–H and O–H groups in total. The molecule has 4 nitrogen and oxygen atoms in total. The minimum atomic E-state index is -1.99. The Morgan fingerprint density at radius 1 is 1.00 bits per heavy atom.